The second-order valence-corrected chi connectivity index (χ2v) is 29.3. The fourth-order valence-corrected chi connectivity index (χ4v) is 13.9. The molecule has 0 aliphatic carbocycles. The maximum Gasteiger partial charge on any atom is 0.220 e. The van der Waals surface area contributed by atoms with Gasteiger partial charge in [-0.1, -0.05) is 378 Å². The summed E-state index contributed by atoms with van der Waals surface area (Å²) in [5, 5.41) is 87.7. The van der Waals surface area contributed by atoms with Crippen LogP contribution >= 0.6 is 0 Å². The van der Waals surface area contributed by atoms with Gasteiger partial charge in [0.05, 0.1) is 32.0 Å². The number of aliphatic hydroxyl groups excluding tert-OH is 8. The molecule has 0 saturated carbocycles. The van der Waals surface area contributed by atoms with Crippen molar-refractivity contribution in [2.45, 2.75) is 466 Å². The number of hydrogen-bond donors (Lipinski definition) is 9. The first kappa shape index (κ1) is 89.6. The summed E-state index contributed by atoms with van der Waals surface area (Å²) in [6.45, 7) is 2.86. The van der Waals surface area contributed by atoms with Crippen molar-refractivity contribution in [2.75, 3.05) is 19.8 Å². The normalized spacial score (nSPS) is 22.4. The molecular formula is C81H155NO13. The molecule has 2 heterocycles. The lowest BCUT2D eigenvalue weighted by Gasteiger charge is -2.46. The van der Waals surface area contributed by atoms with Gasteiger partial charge in [0.25, 0.3) is 0 Å². The number of carbonyl (C=O) groups excluding carboxylic acids is 1. The van der Waals surface area contributed by atoms with Crippen molar-refractivity contribution >= 4 is 5.91 Å². The van der Waals surface area contributed by atoms with E-state index in [1.807, 2.05) is 6.08 Å². The van der Waals surface area contributed by atoms with E-state index in [0.29, 0.717) is 12.8 Å². The molecule has 14 nitrogen and oxygen atoms in total. The monoisotopic (exact) mass is 1350 g/mol. The summed E-state index contributed by atoms with van der Waals surface area (Å²) >= 11 is 0. The second-order valence-electron chi connectivity index (χ2n) is 29.3. The molecule has 562 valence electrons. The van der Waals surface area contributed by atoms with Crippen LogP contribution in [0.4, 0.5) is 0 Å². The number of hydrogen-bond acceptors (Lipinski definition) is 13. The molecule has 2 fully saturated rings. The van der Waals surface area contributed by atoms with Gasteiger partial charge in [0.1, 0.15) is 48.8 Å². The van der Waals surface area contributed by atoms with Crippen molar-refractivity contribution in [1.29, 1.82) is 0 Å². The van der Waals surface area contributed by atoms with E-state index in [9.17, 15) is 45.6 Å². The molecule has 12 unspecified atom stereocenters. The average molecular weight is 1350 g/mol. The summed E-state index contributed by atoms with van der Waals surface area (Å²) in [5.41, 5.74) is 0. The molecular weight excluding hydrogens is 1190 g/mol. The van der Waals surface area contributed by atoms with Crippen LogP contribution in [0.5, 0.6) is 0 Å². The number of carbonyl (C=O) groups is 1. The van der Waals surface area contributed by atoms with Crippen molar-refractivity contribution in [3.63, 3.8) is 0 Å². The molecule has 95 heavy (non-hydrogen) atoms. The lowest BCUT2D eigenvalue weighted by atomic mass is 9.97. The van der Waals surface area contributed by atoms with E-state index in [1.165, 1.54) is 327 Å². The van der Waals surface area contributed by atoms with Gasteiger partial charge in [-0.25, -0.2) is 0 Å². The van der Waals surface area contributed by atoms with E-state index in [-0.39, 0.29) is 18.9 Å². The number of amides is 1. The molecule has 0 spiro atoms. The van der Waals surface area contributed by atoms with Crippen LogP contribution in [0, 0.1) is 0 Å². The SMILES string of the molecule is CCCCCCCCCCCCCCCCCCCCCCCCC/C=C/CC/C=C/C(O)C(COC1OC(CO)C(OC2OC(CO)C(O)C(O)C2O)C(O)C1O)NC(=O)CCCCCCCCCCCCCCCCCCCCCCCCCCCCCCCCCC. The maximum absolute atomic E-state index is 13.4. The quantitative estimate of drug-likeness (QED) is 0.0204. The predicted octanol–water partition coefficient (Wildman–Crippen LogP) is 18.6. The molecule has 2 aliphatic heterocycles. The Labute approximate surface area is 583 Å². The van der Waals surface area contributed by atoms with Gasteiger partial charge < -0.3 is 65.1 Å². The summed E-state index contributed by atoms with van der Waals surface area (Å²) in [7, 11) is 0. The average Bonchev–Trinajstić information content (AvgIpc) is 0.801. The zero-order valence-electron chi connectivity index (χ0n) is 61.7. The van der Waals surface area contributed by atoms with Crippen LogP contribution in [0.15, 0.2) is 24.3 Å². The first-order valence-electron chi connectivity index (χ1n) is 41.1. The summed E-state index contributed by atoms with van der Waals surface area (Å²) < 4.78 is 22.9. The van der Waals surface area contributed by atoms with Crippen LogP contribution < -0.4 is 5.32 Å². The third kappa shape index (κ3) is 48.9. The summed E-state index contributed by atoms with van der Waals surface area (Å²) in [4.78, 5) is 13.4. The van der Waals surface area contributed by atoms with Crippen molar-refractivity contribution < 1.29 is 64.6 Å². The molecule has 0 bridgehead atoms. The predicted molar refractivity (Wildman–Crippen MR) is 392 cm³/mol. The van der Waals surface area contributed by atoms with Crippen molar-refractivity contribution in [2.24, 2.45) is 0 Å². The van der Waals surface area contributed by atoms with Crippen LogP contribution in [0.25, 0.3) is 0 Å². The highest BCUT2D eigenvalue weighted by Gasteiger charge is 2.51. The fourth-order valence-electron chi connectivity index (χ4n) is 13.9. The van der Waals surface area contributed by atoms with E-state index in [2.05, 4.69) is 31.3 Å². The zero-order chi connectivity index (χ0) is 68.7. The van der Waals surface area contributed by atoms with Gasteiger partial charge in [0.2, 0.25) is 5.91 Å². The van der Waals surface area contributed by atoms with Gasteiger partial charge >= 0.3 is 0 Å². The van der Waals surface area contributed by atoms with Gasteiger partial charge in [0, 0.05) is 6.42 Å². The van der Waals surface area contributed by atoms with E-state index in [0.717, 1.165) is 32.1 Å². The topological polar surface area (TPSA) is 228 Å². The molecule has 0 aromatic heterocycles. The highest BCUT2D eigenvalue weighted by atomic mass is 16.7. The Morgan fingerprint density at radius 1 is 0.368 bits per heavy atom. The lowest BCUT2D eigenvalue weighted by Crippen LogP contribution is -2.65. The Bertz CT molecular complexity index is 1690. The van der Waals surface area contributed by atoms with Crippen molar-refractivity contribution in [1.82, 2.24) is 5.32 Å². The molecule has 0 aromatic carbocycles. The number of nitrogens with one attached hydrogen (secondary N) is 1. The Morgan fingerprint density at radius 2 is 0.674 bits per heavy atom. The number of rotatable bonds is 70. The fraction of sp³-hybridized carbons (Fsp3) is 0.938. The minimum Gasteiger partial charge on any atom is -0.394 e. The van der Waals surface area contributed by atoms with E-state index in [1.54, 1.807) is 6.08 Å². The Morgan fingerprint density at radius 3 is 1.03 bits per heavy atom. The third-order valence-corrected chi connectivity index (χ3v) is 20.4. The Balaban J connectivity index is 1.62. The molecule has 0 aromatic rings. The zero-order valence-corrected chi connectivity index (χ0v) is 61.7. The van der Waals surface area contributed by atoms with Crippen molar-refractivity contribution in [3.8, 4) is 0 Å². The maximum atomic E-state index is 13.4. The Kier molecular flexibility index (Phi) is 62.0. The highest BCUT2D eigenvalue weighted by molar-refractivity contribution is 5.76. The highest BCUT2D eigenvalue weighted by Crippen LogP contribution is 2.30. The summed E-state index contributed by atoms with van der Waals surface area (Å²) in [6, 6.07) is -0.931. The van der Waals surface area contributed by atoms with E-state index < -0.39 is 86.8 Å². The second kappa shape index (κ2) is 65.8. The summed E-state index contributed by atoms with van der Waals surface area (Å²) in [5.74, 6) is -0.239. The van der Waals surface area contributed by atoms with Gasteiger partial charge in [0.15, 0.2) is 12.6 Å². The Hall–Kier alpha value is -1.53. The molecule has 9 N–H and O–H groups in total. The molecule has 2 aliphatic rings. The number of allylic oxidation sites excluding steroid dienone is 3. The van der Waals surface area contributed by atoms with Gasteiger partial charge in [-0.05, 0) is 32.1 Å². The standard InChI is InChI=1S/C81H155NO13/c1-3-5-7-9-11-13-15-17-19-21-23-25-27-29-31-33-34-35-37-39-41-43-45-47-49-51-53-55-57-59-61-63-65-73(86)82-69(68-92-80-78(91)76(89)79(72(67-84)94-80)95-81-77(90)75(88)74(87)71(66-83)93-81)70(85)64-62-60-58-56-54-52-50-48-46-44-42-40-38-36-32-30-28-26-24-22-20-18-16-14-12-10-8-6-4-2/h54,56,62,64,69-72,74-81,83-85,87-91H,3-53,55,57-61,63,65-68H2,1-2H3,(H,82,86)/b56-54+,64-62+. The molecule has 0 radical (unpaired) electrons. The van der Waals surface area contributed by atoms with Crippen LogP contribution in [0.2, 0.25) is 0 Å². The third-order valence-electron chi connectivity index (χ3n) is 20.4. The molecule has 12 atom stereocenters. The van der Waals surface area contributed by atoms with Gasteiger partial charge in [-0.3, -0.25) is 4.79 Å². The minimum atomic E-state index is -1.79. The molecule has 2 rings (SSSR count). The molecule has 14 heteroatoms. The first-order chi connectivity index (χ1) is 46.6. The van der Waals surface area contributed by atoms with Gasteiger partial charge in [-0.2, -0.15) is 0 Å². The smallest absolute Gasteiger partial charge is 0.220 e. The number of aliphatic hydroxyl groups is 8. The minimum absolute atomic E-state index is 0.239. The van der Waals surface area contributed by atoms with Crippen LogP contribution in [0.1, 0.15) is 393 Å². The lowest BCUT2D eigenvalue weighted by molar-refractivity contribution is -0.359. The number of unbranched alkanes of at least 4 members (excludes halogenated alkanes) is 55. The van der Waals surface area contributed by atoms with E-state index in [4.69, 9.17) is 18.9 Å². The molecule has 1 amide bonds. The van der Waals surface area contributed by atoms with Crippen LogP contribution in [-0.4, -0.2) is 140 Å². The largest absolute Gasteiger partial charge is 0.394 e. The molecule has 2 saturated heterocycles. The van der Waals surface area contributed by atoms with Gasteiger partial charge in [-0.15, -0.1) is 0 Å². The summed E-state index contributed by atoms with van der Waals surface area (Å²) in [6.07, 6.45) is 68.5. The van der Waals surface area contributed by atoms with E-state index >= 15 is 0 Å². The van der Waals surface area contributed by atoms with Crippen LogP contribution in [-0.2, 0) is 23.7 Å². The van der Waals surface area contributed by atoms with Crippen molar-refractivity contribution in [3.05, 3.63) is 24.3 Å². The number of ether oxygens (including phenoxy) is 4. The first-order valence-corrected chi connectivity index (χ1v) is 41.1. The van der Waals surface area contributed by atoms with Crippen LogP contribution in [0.3, 0.4) is 0 Å².